The van der Waals surface area contributed by atoms with Crippen molar-refractivity contribution in [3.8, 4) is 17.1 Å². The van der Waals surface area contributed by atoms with Crippen LogP contribution in [0.2, 0.25) is 0 Å². The molecule has 0 aliphatic heterocycles. The van der Waals surface area contributed by atoms with Gasteiger partial charge >= 0.3 is 6.09 Å². The van der Waals surface area contributed by atoms with Crippen molar-refractivity contribution in [3.63, 3.8) is 0 Å². The van der Waals surface area contributed by atoms with Gasteiger partial charge in [-0.2, -0.15) is 0 Å². The van der Waals surface area contributed by atoms with E-state index in [1.807, 2.05) is 45.0 Å². The van der Waals surface area contributed by atoms with Gasteiger partial charge in [0, 0.05) is 36.3 Å². The van der Waals surface area contributed by atoms with Gasteiger partial charge in [0.2, 0.25) is 5.88 Å². The number of hydrogen-bond donors (Lipinski definition) is 3. The van der Waals surface area contributed by atoms with E-state index in [-0.39, 0.29) is 24.5 Å². The number of pyridine rings is 2. The van der Waals surface area contributed by atoms with Crippen LogP contribution < -0.4 is 21.1 Å². The summed E-state index contributed by atoms with van der Waals surface area (Å²) in [4.78, 5) is 45.2. The van der Waals surface area contributed by atoms with Crippen LogP contribution in [0.1, 0.15) is 56.8 Å². The number of nitrogens with two attached hydrogens (primary N) is 1. The monoisotopic (exact) mass is 547 g/mol. The van der Waals surface area contributed by atoms with Crippen molar-refractivity contribution in [2.45, 2.75) is 52.1 Å². The smallest absolute Gasteiger partial charge is 0.407 e. The Kier molecular flexibility index (Phi) is 9.19. The summed E-state index contributed by atoms with van der Waals surface area (Å²) in [5, 5.41) is 6.78. The standard InChI is InChI=1S/C30H37N5O5/c1-30(2,3)40-29(38)34-16-20-10-8-19(9-11-20)15-33-28(37)23-14-25(35-24-7-5-4-6-22(23)24)21-12-13-27(32-17-21)39-18-26(31)36/h4-7,12-14,17,19-20H,8-11,15-16,18H2,1-3H3,(H2,31,36)(H,33,37)(H,34,38). The van der Waals surface area contributed by atoms with Crippen LogP contribution in [0, 0.1) is 11.8 Å². The SMILES string of the molecule is CC(C)(C)OC(=O)NCC1CCC(CNC(=O)c2cc(-c3ccc(OCC(N)=O)nc3)nc3ccccc23)CC1. The zero-order valence-electron chi connectivity index (χ0n) is 23.2. The van der Waals surface area contributed by atoms with Crippen LogP contribution >= 0.6 is 0 Å². The Morgan fingerprint density at radius 1 is 0.975 bits per heavy atom. The molecule has 1 aromatic carbocycles. The van der Waals surface area contributed by atoms with E-state index in [9.17, 15) is 14.4 Å². The summed E-state index contributed by atoms with van der Waals surface area (Å²) in [5.41, 5.74) is 7.18. The maximum Gasteiger partial charge on any atom is 0.407 e. The minimum absolute atomic E-state index is 0.150. The number of carbonyl (C=O) groups excluding carboxylic acids is 3. The van der Waals surface area contributed by atoms with Crippen LogP contribution in [-0.4, -0.2) is 53.2 Å². The number of nitrogens with zero attached hydrogens (tertiary/aromatic N) is 2. The highest BCUT2D eigenvalue weighted by Crippen LogP contribution is 2.29. The summed E-state index contributed by atoms with van der Waals surface area (Å²) in [6.45, 7) is 6.48. The summed E-state index contributed by atoms with van der Waals surface area (Å²) < 4.78 is 10.6. The second-order valence-corrected chi connectivity index (χ2v) is 11.2. The fraction of sp³-hybridized carbons (Fsp3) is 0.433. The maximum atomic E-state index is 13.4. The molecule has 2 heterocycles. The van der Waals surface area contributed by atoms with Crippen molar-refractivity contribution >= 4 is 28.8 Å². The minimum atomic E-state index is -0.582. The normalized spacial score (nSPS) is 17.2. The average molecular weight is 548 g/mol. The third kappa shape index (κ3) is 8.14. The number of carbonyl (C=O) groups is 3. The predicted molar refractivity (Wildman–Crippen MR) is 152 cm³/mol. The third-order valence-electron chi connectivity index (χ3n) is 6.81. The van der Waals surface area contributed by atoms with Gasteiger partial charge < -0.3 is 25.8 Å². The second kappa shape index (κ2) is 12.8. The number of primary amides is 1. The average Bonchev–Trinajstić information content (AvgIpc) is 2.93. The number of alkyl carbamates (subject to hydrolysis) is 1. The molecule has 212 valence electrons. The van der Waals surface area contributed by atoms with E-state index in [1.54, 1.807) is 24.4 Å². The number of benzene rings is 1. The highest BCUT2D eigenvalue weighted by molar-refractivity contribution is 6.07. The predicted octanol–water partition coefficient (Wildman–Crippen LogP) is 4.22. The van der Waals surface area contributed by atoms with Crippen LogP contribution in [0.3, 0.4) is 0 Å². The van der Waals surface area contributed by atoms with Crippen molar-refractivity contribution < 1.29 is 23.9 Å². The Morgan fingerprint density at radius 2 is 1.65 bits per heavy atom. The highest BCUT2D eigenvalue weighted by atomic mass is 16.6. The third-order valence-corrected chi connectivity index (χ3v) is 6.81. The summed E-state index contributed by atoms with van der Waals surface area (Å²) in [5.74, 6) is 0.333. The van der Waals surface area contributed by atoms with Gasteiger partial charge in [0.1, 0.15) is 5.60 Å². The van der Waals surface area contributed by atoms with Crippen LogP contribution in [0.4, 0.5) is 4.79 Å². The second-order valence-electron chi connectivity index (χ2n) is 11.2. The first-order valence-corrected chi connectivity index (χ1v) is 13.6. The van der Waals surface area contributed by atoms with Crippen LogP contribution in [0.5, 0.6) is 5.88 Å². The molecule has 1 aliphatic carbocycles. The lowest BCUT2D eigenvalue weighted by Gasteiger charge is -2.29. The molecule has 3 aromatic rings. The van der Waals surface area contributed by atoms with Crippen molar-refractivity contribution in [2.75, 3.05) is 19.7 Å². The van der Waals surface area contributed by atoms with Gasteiger partial charge in [-0.25, -0.2) is 14.8 Å². The van der Waals surface area contributed by atoms with Crippen molar-refractivity contribution in [3.05, 3.63) is 54.2 Å². The lowest BCUT2D eigenvalue weighted by atomic mass is 9.82. The zero-order chi connectivity index (χ0) is 28.7. The first kappa shape index (κ1) is 28.8. The van der Waals surface area contributed by atoms with Crippen LogP contribution in [0.25, 0.3) is 22.2 Å². The number of ether oxygens (including phenoxy) is 2. The Balaban J connectivity index is 1.36. The van der Waals surface area contributed by atoms with E-state index >= 15 is 0 Å². The van der Waals surface area contributed by atoms with Gasteiger partial charge in [0.25, 0.3) is 11.8 Å². The Morgan fingerprint density at radius 3 is 2.27 bits per heavy atom. The molecule has 4 rings (SSSR count). The summed E-state index contributed by atoms with van der Waals surface area (Å²) in [6, 6.07) is 12.7. The van der Waals surface area contributed by atoms with Gasteiger partial charge in [0.15, 0.2) is 6.61 Å². The van der Waals surface area contributed by atoms with Gasteiger partial charge in [-0.3, -0.25) is 9.59 Å². The largest absolute Gasteiger partial charge is 0.468 e. The Hall–Kier alpha value is -4.21. The molecular weight excluding hydrogens is 510 g/mol. The van der Waals surface area contributed by atoms with E-state index in [0.717, 1.165) is 31.1 Å². The minimum Gasteiger partial charge on any atom is -0.468 e. The molecule has 40 heavy (non-hydrogen) atoms. The number of rotatable bonds is 9. The molecule has 1 fully saturated rings. The van der Waals surface area contributed by atoms with Crippen LogP contribution in [-0.2, 0) is 9.53 Å². The number of fused-ring (bicyclic) bond motifs is 1. The highest BCUT2D eigenvalue weighted by Gasteiger charge is 2.24. The number of amides is 3. The van der Waals surface area contributed by atoms with Gasteiger partial charge in [-0.15, -0.1) is 0 Å². The van der Waals surface area contributed by atoms with Crippen molar-refractivity contribution in [2.24, 2.45) is 17.6 Å². The van der Waals surface area contributed by atoms with Crippen LogP contribution in [0.15, 0.2) is 48.7 Å². The molecule has 4 N–H and O–H groups in total. The molecule has 1 aliphatic rings. The first-order chi connectivity index (χ1) is 19.1. The van der Waals surface area contributed by atoms with Gasteiger partial charge in [-0.1, -0.05) is 18.2 Å². The molecule has 0 atom stereocenters. The number of hydrogen-bond acceptors (Lipinski definition) is 7. The molecule has 0 saturated heterocycles. The molecule has 2 aromatic heterocycles. The van der Waals surface area contributed by atoms with E-state index in [1.165, 1.54) is 0 Å². The van der Waals surface area contributed by atoms with Gasteiger partial charge in [-0.05, 0) is 76.5 Å². The number of nitrogens with one attached hydrogen (secondary N) is 2. The molecular formula is C30H37N5O5. The van der Waals surface area contributed by atoms with E-state index in [2.05, 4.69) is 15.6 Å². The first-order valence-electron chi connectivity index (χ1n) is 13.6. The van der Waals surface area contributed by atoms with E-state index < -0.39 is 11.5 Å². The molecule has 10 nitrogen and oxygen atoms in total. The summed E-state index contributed by atoms with van der Waals surface area (Å²) >= 11 is 0. The molecule has 3 amide bonds. The van der Waals surface area contributed by atoms with Gasteiger partial charge in [0.05, 0.1) is 16.8 Å². The summed E-state index contributed by atoms with van der Waals surface area (Å²) in [7, 11) is 0. The van der Waals surface area contributed by atoms with E-state index in [0.29, 0.717) is 47.3 Å². The molecule has 0 unspecified atom stereocenters. The topological polar surface area (TPSA) is 146 Å². The van der Waals surface area contributed by atoms with Crippen molar-refractivity contribution in [1.29, 1.82) is 0 Å². The molecule has 10 heteroatoms. The summed E-state index contributed by atoms with van der Waals surface area (Å²) in [6.07, 6.45) is 5.16. The molecule has 0 radical (unpaired) electrons. The quantitative estimate of drug-likeness (QED) is 0.364. The Bertz CT molecular complexity index is 1340. The van der Waals surface area contributed by atoms with E-state index in [4.69, 9.17) is 20.2 Å². The fourth-order valence-corrected chi connectivity index (χ4v) is 4.79. The number of para-hydroxylation sites is 1. The molecule has 0 spiro atoms. The lowest BCUT2D eigenvalue weighted by Crippen LogP contribution is -2.37. The fourth-order valence-electron chi connectivity index (χ4n) is 4.79. The molecule has 0 bridgehead atoms. The molecule has 1 saturated carbocycles. The maximum absolute atomic E-state index is 13.4. The Labute approximate surface area is 234 Å². The zero-order valence-corrected chi connectivity index (χ0v) is 23.2. The lowest BCUT2D eigenvalue weighted by molar-refractivity contribution is -0.120. The van der Waals surface area contributed by atoms with Crippen molar-refractivity contribution in [1.82, 2.24) is 20.6 Å². The number of aromatic nitrogens is 2.